The lowest BCUT2D eigenvalue weighted by atomic mass is 10.0. The number of nitrogens with one attached hydrogen (secondary N) is 1. The molecule has 0 aliphatic rings. The van der Waals surface area contributed by atoms with Crippen molar-refractivity contribution in [3.8, 4) is 12.3 Å². The van der Waals surface area contributed by atoms with Gasteiger partial charge in [-0.2, -0.15) is 0 Å². The fourth-order valence-corrected chi connectivity index (χ4v) is 1.02. The minimum absolute atomic E-state index is 0.192. The van der Waals surface area contributed by atoms with Crippen molar-refractivity contribution in [2.75, 3.05) is 0 Å². The quantitative estimate of drug-likeness (QED) is 0.354. The molecule has 0 aromatic carbocycles. The minimum atomic E-state index is -0.559. The van der Waals surface area contributed by atoms with Gasteiger partial charge in [0, 0.05) is 18.7 Å². The Bertz CT molecular complexity index is 197. The lowest BCUT2D eigenvalue weighted by Crippen LogP contribution is -2.34. The smallest absolute Gasteiger partial charge is 0.158 e. The van der Waals surface area contributed by atoms with E-state index in [1.165, 1.54) is 0 Å². The molecule has 0 aromatic rings. The van der Waals surface area contributed by atoms with Crippen LogP contribution in [0.25, 0.3) is 0 Å². The maximum absolute atomic E-state index is 10.8. The molecule has 3 nitrogen and oxygen atoms in total. The Hall–Kier alpha value is -0.710. The lowest BCUT2D eigenvalue weighted by Gasteiger charge is -2.13. The maximum Gasteiger partial charge on any atom is 0.158 e. The van der Waals surface area contributed by atoms with Crippen molar-refractivity contribution in [2.24, 2.45) is 11.7 Å². The van der Waals surface area contributed by atoms with E-state index in [-0.39, 0.29) is 5.52 Å². The molecule has 3 unspecified atom stereocenters. The van der Waals surface area contributed by atoms with Crippen molar-refractivity contribution < 1.29 is 4.79 Å². The summed E-state index contributed by atoms with van der Waals surface area (Å²) in [4.78, 5) is 10.8. The van der Waals surface area contributed by atoms with Gasteiger partial charge in [0.25, 0.3) is 0 Å². The van der Waals surface area contributed by atoms with Crippen LogP contribution in [0.4, 0.5) is 0 Å². The molecule has 0 fully saturated rings. The molecule has 0 rings (SSSR count). The molecule has 0 saturated carbocycles. The Morgan fingerprint density at radius 3 is 2.73 bits per heavy atom. The molecule has 0 spiro atoms. The van der Waals surface area contributed by atoms with E-state index >= 15 is 0 Å². The first-order chi connectivity index (χ1) is 5.13. The summed E-state index contributed by atoms with van der Waals surface area (Å²) in [5, 5.41) is 6.89. The maximum atomic E-state index is 10.8. The highest BCUT2D eigenvalue weighted by molar-refractivity contribution is 7.40. The molecule has 0 aliphatic heterocycles. The molecular formula is C7H11N2OP. The number of hydrogen-bond donors (Lipinski definition) is 2. The average Bonchev–Trinajstić information content (AvgIpc) is 1.88. The highest BCUT2D eigenvalue weighted by Gasteiger charge is 2.18. The predicted octanol–water partition coefficient (Wildman–Crippen LogP) is 0.00447. The van der Waals surface area contributed by atoms with Crippen LogP contribution in [0.1, 0.15) is 6.42 Å². The topological polar surface area (TPSA) is 66.9 Å². The van der Waals surface area contributed by atoms with Crippen molar-refractivity contribution in [1.82, 2.24) is 0 Å². The molecule has 0 bridgehead atoms. The monoisotopic (exact) mass is 170 g/mol. The zero-order chi connectivity index (χ0) is 8.85. The molecule has 0 radical (unpaired) electrons. The molecule has 60 valence electrons. The van der Waals surface area contributed by atoms with Crippen molar-refractivity contribution in [3.63, 3.8) is 0 Å². The van der Waals surface area contributed by atoms with Crippen molar-refractivity contribution in [3.05, 3.63) is 0 Å². The first-order valence-electron chi connectivity index (χ1n) is 3.12. The van der Waals surface area contributed by atoms with Crippen LogP contribution in [0.5, 0.6) is 0 Å². The van der Waals surface area contributed by atoms with Crippen LogP contribution in [0.15, 0.2) is 0 Å². The van der Waals surface area contributed by atoms with Crippen LogP contribution in [0, 0.1) is 23.7 Å². The SMILES string of the molecule is C#CCC(N)C(C=N)C(=O)P. The first-order valence-corrected chi connectivity index (χ1v) is 3.70. The van der Waals surface area contributed by atoms with Gasteiger partial charge in [-0.25, -0.2) is 0 Å². The van der Waals surface area contributed by atoms with E-state index in [9.17, 15) is 4.79 Å². The van der Waals surface area contributed by atoms with Gasteiger partial charge < -0.3 is 11.1 Å². The van der Waals surface area contributed by atoms with Crippen molar-refractivity contribution in [2.45, 2.75) is 12.5 Å². The Kier molecular flexibility index (Phi) is 4.69. The summed E-state index contributed by atoms with van der Waals surface area (Å²) in [6.45, 7) is 0. The van der Waals surface area contributed by atoms with E-state index in [1.807, 2.05) is 9.24 Å². The van der Waals surface area contributed by atoms with Gasteiger partial charge >= 0.3 is 0 Å². The minimum Gasteiger partial charge on any atom is -0.326 e. The van der Waals surface area contributed by atoms with Gasteiger partial charge in [-0.1, -0.05) is 9.24 Å². The number of rotatable bonds is 4. The Balaban J connectivity index is 4.15. The summed E-state index contributed by atoms with van der Waals surface area (Å²) in [7, 11) is 2.00. The second kappa shape index (κ2) is 5.01. The van der Waals surface area contributed by atoms with Gasteiger partial charge in [-0.15, -0.1) is 12.3 Å². The molecule has 3 N–H and O–H groups in total. The van der Waals surface area contributed by atoms with Crippen LogP contribution in [0.3, 0.4) is 0 Å². The van der Waals surface area contributed by atoms with Crippen molar-refractivity contribution in [1.29, 1.82) is 5.41 Å². The molecule has 3 atom stereocenters. The Morgan fingerprint density at radius 2 is 2.45 bits per heavy atom. The molecular weight excluding hydrogens is 159 g/mol. The summed E-state index contributed by atoms with van der Waals surface area (Å²) in [6.07, 6.45) is 6.34. The van der Waals surface area contributed by atoms with E-state index in [0.29, 0.717) is 6.42 Å². The van der Waals surface area contributed by atoms with E-state index < -0.39 is 12.0 Å². The van der Waals surface area contributed by atoms with Crippen LogP contribution in [-0.2, 0) is 4.79 Å². The first kappa shape index (κ1) is 10.3. The highest BCUT2D eigenvalue weighted by Crippen LogP contribution is 2.07. The van der Waals surface area contributed by atoms with E-state index in [0.717, 1.165) is 6.21 Å². The van der Waals surface area contributed by atoms with E-state index in [1.54, 1.807) is 0 Å². The summed E-state index contributed by atoms with van der Waals surface area (Å²) < 4.78 is 0. The van der Waals surface area contributed by atoms with Crippen LogP contribution in [0.2, 0.25) is 0 Å². The number of nitrogens with two attached hydrogens (primary N) is 1. The van der Waals surface area contributed by atoms with Gasteiger partial charge in [0.15, 0.2) is 5.52 Å². The summed E-state index contributed by atoms with van der Waals surface area (Å²) in [5.41, 5.74) is 5.32. The van der Waals surface area contributed by atoms with E-state index in [4.69, 9.17) is 17.6 Å². The molecule has 0 aromatic heterocycles. The molecule has 0 aliphatic carbocycles. The molecule has 0 saturated heterocycles. The largest absolute Gasteiger partial charge is 0.326 e. The zero-order valence-electron chi connectivity index (χ0n) is 6.08. The molecule has 4 heteroatoms. The molecule has 0 heterocycles. The number of carbonyl (C=O) groups excluding carboxylic acids is 1. The highest BCUT2D eigenvalue weighted by atomic mass is 31.0. The van der Waals surface area contributed by atoms with Gasteiger partial charge in [-0.05, 0) is 0 Å². The Labute approximate surface area is 68.4 Å². The second-order valence-electron chi connectivity index (χ2n) is 2.17. The van der Waals surface area contributed by atoms with Gasteiger partial charge in [0.1, 0.15) is 0 Å². The summed E-state index contributed by atoms with van der Waals surface area (Å²) >= 11 is 0. The van der Waals surface area contributed by atoms with Crippen molar-refractivity contribution >= 4 is 21.0 Å². The van der Waals surface area contributed by atoms with Gasteiger partial charge in [-0.3, -0.25) is 4.79 Å². The third-order valence-corrected chi connectivity index (χ3v) is 1.71. The number of terminal acetylenes is 1. The zero-order valence-corrected chi connectivity index (χ0v) is 7.23. The third-order valence-electron chi connectivity index (χ3n) is 1.32. The second-order valence-corrected chi connectivity index (χ2v) is 2.74. The van der Waals surface area contributed by atoms with Crippen LogP contribution < -0.4 is 5.73 Å². The lowest BCUT2D eigenvalue weighted by molar-refractivity contribution is -0.113. The van der Waals surface area contributed by atoms with Crippen LogP contribution in [-0.4, -0.2) is 17.8 Å². The summed E-state index contributed by atoms with van der Waals surface area (Å²) in [5.74, 6) is 1.79. The fourth-order valence-electron chi connectivity index (χ4n) is 0.680. The summed E-state index contributed by atoms with van der Waals surface area (Å²) in [6, 6.07) is -0.428. The normalized spacial score (nSPS) is 14.6. The third kappa shape index (κ3) is 3.27. The Morgan fingerprint density at radius 1 is 1.91 bits per heavy atom. The number of carbonyl (C=O) groups is 1. The average molecular weight is 170 g/mol. The standard InChI is InChI=1S/C7H11N2OP/c1-2-3-6(9)5(4-8)7(10)11/h1,4-6,8H,3,9,11H2. The van der Waals surface area contributed by atoms with Gasteiger partial charge in [0.05, 0.1) is 5.92 Å². The molecule has 11 heavy (non-hydrogen) atoms. The number of hydrogen-bond acceptors (Lipinski definition) is 3. The van der Waals surface area contributed by atoms with Crippen LogP contribution >= 0.6 is 9.24 Å². The van der Waals surface area contributed by atoms with Gasteiger partial charge in [0.2, 0.25) is 0 Å². The molecule has 0 amide bonds. The van der Waals surface area contributed by atoms with E-state index in [2.05, 4.69) is 5.92 Å². The predicted molar refractivity (Wildman–Crippen MR) is 48.4 cm³/mol. The fraction of sp³-hybridized carbons (Fsp3) is 0.429.